The summed E-state index contributed by atoms with van der Waals surface area (Å²) < 4.78 is 21.6. The van der Waals surface area contributed by atoms with Gasteiger partial charge in [0.15, 0.2) is 0 Å². The predicted octanol–water partition coefficient (Wildman–Crippen LogP) is 11.6. The Bertz CT molecular complexity index is 3250. The Labute approximate surface area is 301 Å². The molecular formula is C44H24N2O4S2. The third-order valence-corrected chi connectivity index (χ3v) is 12.0. The molecule has 0 radical (unpaired) electrons. The van der Waals surface area contributed by atoms with Crippen LogP contribution < -0.4 is 10.9 Å². The Kier molecular flexibility index (Phi) is 6.20. The molecule has 0 saturated heterocycles. The van der Waals surface area contributed by atoms with Crippen LogP contribution in [-0.4, -0.2) is 9.13 Å². The standard InChI is InChI=1S/C44H24N2O4S2/c47-43-27-9-1-5-13-35(27)49-37-21-25(17-19-29(37)43)45-31-11-3-7-15-39(31)51-41-24-34-42(23-33(41)45)52-40-16-8-4-12-32(40)46(34)26-18-20-30-38(22-26)50-36-14-6-2-10-28(36)44(30)48/h1-24H. The highest BCUT2D eigenvalue weighted by Crippen LogP contribution is 2.39. The zero-order chi connectivity index (χ0) is 34.5. The Balaban J connectivity index is 1.22. The molecule has 0 amide bonds. The fraction of sp³-hybridized carbons (Fsp3) is 0. The van der Waals surface area contributed by atoms with Crippen LogP contribution in [0.2, 0.25) is 0 Å². The van der Waals surface area contributed by atoms with Gasteiger partial charge in [-0.1, -0.05) is 48.5 Å². The van der Waals surface area contributed by atoms with Crippen molar-refractivity contribution in [1.82, 2.24) is 9.13 Å². The minimum Gasteiger partial charge on any atom is -0.456 e. The molecule has 4 heterocycles. The highest BCUT2D eigenvalue weighted by molar-refractivity contribution is 7.25. The molecule has 0 bridgehead atoms. The van der Waals surface area contributed by atoms with Gasteiger partial charge >= 0.3 is 0 Å². The van der Waals surface area contributed by atoms with E-state index in [0.29, 0.717) is 43.9 Å². The normalized spacial score (nSPS) is 12.0. The van der Waals surface area contributed by atoms with Gasteiger partial charge in [-0.05, 0) is 84.9 Å². The van der Waals surface area contributed by atoms with Gasteiger partial charge in [0.1, 0.15) is 22.3 Å². The molecule has 0 unspecified atom stereocenters. The van der Waals surface area contributed by atoms with Gasteiger partial charge in [-0.15, -0.1) is 22.7 Å². The van der Waals surface area contributed by atoms with Gasteiger partial charge in [-0.3, -0.25) is 9.59 Å². The molecule has 0 aliphatic rings. The van der Waals surface area contributed by atoms with E-state index in [4.69, 9.17) is 8.83 Å². The zero-order valence-corrected chi connectivity index (χ0v) is 28.8. The molecule has 0 spiro atoms. The van der Waals surface area contributed by atoms with E-state index in [2.05, 4.69) is 69.8 Å². The van der Waals surface area contributed by atoms with Crippen LogP contribution in [0.4, 0.5) is 0 Å². The molecule has 6 nitrogen and oxygen atoms in total. The number of para-hydroxylation sites is 4. The van der Waals surface area contributed by atoms with Crippen LogP contribution in [0.5, 0.6) is 0 Å². The second kappa shape index (κ2) is 11.0. The van der Waals surface area contributed by atoms with Gasteiger partial charge in [-0.25, -0.2) is 0 Å². The first-order valence-corrected chi connectivity index (χ1v) is 18.5. The predicted molar refractivity (Wildman–Crippen MR) is 216 cm³/mol. The van der Waals surface area contributed by atoms with Crippen molar-refractivity contribution in [3.8, 4) is 11.4 Å². The summed E-state index contributed by atoms with van der Waals surface area (Å²) in [5.74, 6) is 0. The number of rotatable bonds is 2. The molecule has 11 rings (SSSR count). The third kappa shape index (κ3) is 4.28. The summed E-state index contributed by atoms with van der Waals surface area (Å²) in [6.45, 7) is 0. The number of aromatic nitrogens is 2. The molecule has 0 aliphatic carbocycles. The molecule has 11 aromatic rings. The summed E-state index contributed by atoms with van der Waals surface area (Å²) in [6.07, 6.45) is 0. The molecule has 52 heavy (non-hydrogen) atoms. The lowest BCUT2D eigenvalue weighted by Gasteiger charge is -2.19. The Morgan fingerprint density at radius 3 is 1.25 bits per heavy atom. The molecule has 0 aliphatic heterocycles. The Morgan fingerprint density at radius 2 is 0.769 bits per heavy atom. The van der Waals surface area contributed by atoms with Crippen molar-refractivity contribution < 1.29 is 8.83 Å². The van der Waals surface area contributed by atoms with Crippen LogP contribution in [0.15, 0.2) is 164 Å². The summed E-state index contributed by atoms with van der Waals surface area (Å²) in [4.78, 5) is 26.8. The lowest BCUT2D eigenvalue weighted by molar-refractivity contribution is 0.659. The SMILES string of the molecule is O=c1c2ccccc2oc2cc(-n3c4ccccc4sc4cc5c(cc43)sc3ccccc3n5-c3ccc4c(=O)c5ccccc5oc4c3)ccc12. The van der Waals surface area contributed by atoms with E-state index in [9.17, 15) is 9.59 Å². The van der Waals surface area contributed by atoms with E-state index < -0.39 is 0 Å². The van der Waals surface area contributed by atoms with E-state index in [1.807, 2.05) is 72.8 Å². The van der Waals surface area contributed by atoms with Crippen molar-refractivity contribution in [1.29, 1.82) is 0 Å². The Morgan fingerprint density at radius 1 is 0.365 bits per heavy atom. The van der Waals surface area contributed by atoms with Crippen molar-refractivity contribution in [2.75, 3.05) is 0 Å². The summed E-state index contributed by atoms with van der Waals surface area (Å²) in [7, 11) is 0. The topological polar surface area (TPSA) is 70.3 Å². The first-order valence-electron chi connectivity index (χ1n) is 16.8. The minimum atomic E-state index is -0.0382. The lowest BCUT2D eigenvalue weighted by atomic mass is 10.1. The molecule has 0 saturated carbocycles. The van der Waals surface area contributed by atoms with E-state index in [1.165, 1.54) is 0 Å². The van der Waals surface area contributed by atoms with E-state index >= 15 is 0 Å². The maximum Gasteiger partial charge on any atom is 0.200 e. The molecule has 0 atom stereocenters. The first-order chi connectivity index (χ1) is 25.6. The van der Waals surface area contributed by atoms with Gasteiger partial charge in [0.25, 0.3) is 0 Å². The van der Waals surface area contributed by atoms with Crippen LogP contribution in [0.3, 0.4) is 0 Å². The average molecular weight is 709 g/mol. The molecule has 0 N–H and O–H groups in total. The van der Waals surface area contributed by atoms with Crippen LogP contribution in [-0.2, 0) is 0 Å². The molecule has 0 fully saturated rings. The Hall–Kier alpha value is -6.48. The molecule has 246 valence electrons. The number of hydrogen-bond acceptors (Lipinski definition) is 6. The maximum atomic E-state index is 13.4. The lowest BCUT2D eigenvalue weighted by Crippen LogP contribution is -2.05. The van der Waals surface area contributed by atoms with Crippen molar-refractivity contribution in [3.05, 3.63) is 166 Å². The van der Waals surface area contributed by atoms with E-state index in [0.717, 1.165) is 52.2 Å². The van der Waals surface area contributed by atoms with Gasteiger partial charge in [0, 0.05) is 23.5 Å². The zero-order valence-electron chi connectivity index (χ0n) is 27.2. The molecular weight excluding hydrogens is 685 g/mol. The highest BCUT2D eigenvalue weighted by atomic mass is 32.1. The second-order valence-corrected chi connectivity index (χ2v) is 15.0. The summed E-state index contributed by atoms with van der Waals surface area (Å²) in [5.41, 5.74) is 8.12. The van der Waals surface area contributed by atoms with Crippen molar-refractivity contribution in [2.45, 2.75) is 0 Å². The van der Waals surface area contributed by atoms with Gasteiger partial charge in [0.2, 0.25) is 10.9 Å². The third-order valence-electron chi connectivity index (χ3n) is 9.81. The summed E-state index contributed by atoms with van der Waals surface area (Å²) >= 11 is 3.47. The van der Waals surface area contributed by atoms with Crippen molar-refractivity contribution in [3.63, 3.8) is 0 Å². The largest absolute Gasteiger partial charge is 0.456 e. The summed E-state index contributed by atoms with van der Waals surface area (Å²) in [6, 6.07) is 47.8. The number of fused-ring (bicyclic) bond motifs is 8. The fourth-order valence-corrected chi connectivity index (χ4v) is 9.56. The highest BCUT2D eigenvalue weighted by Gasteiger charge is 2.17. The fourth-order valence-electron chi connectivity index (χ4n) is 7.42. The van der Waals surface area contributed by atoms with Crippen molar-refractivity contribution >= 4 is 107 Å². The van der Waals surface area contributed by atoms with Crippen LogP contribution >= 0.6 is 22.7 Å². The quantitative estimate of drug-likeness (QED) is 0.168. The number of nitrogens with zero attached hydrogens (tertiary/aromatic N) is 2. The smallest absolute Gasteiger partial charge is 0.200 e. The average Bonchev–Trinajstić information content (AvgIpc) is 3.18. The maximum absolute atomic E-state index is 13.4. The van der Waals surface area contributed by atoms with Gasteiger partial charge in [-0.2, -0.15) is 0 Å². The molecule has 7 aromatic carbocycles. The van der Waals surface area contributed by atoms with Crippen molar-refractivity contribution in [2.24, 2.45) is 0 Å². The monoisotopic (exact) mass is 708 g/mol. The molecule has 8 heteroatoms. The second-order valence-electron chi connectivity index (χ2n) is 12.8. The van der Waals surface area contributed by atoms with Gasteiger partial charge in [0.05, 0.1) is 62.4 Å². The van der Waals surface area contributed by atoms with E-state index in [1.54, 1.807) is 34.8 Å². The van der Waals surface area contributed by atoms with Crippen LogP contribution in [0.25, 0.3) is 96.1 Å². The number of benzene rings is 7. The molecule has 4 aromatic heterocycles. The van der Waals surface area contributed by atoms with Crippen LogP contribution in [0, 0.1) is 0 Å². The first kappa shape index (κ1) is 29.3. The minimum absolute atomic E-state index is 0.0382. The van der Waals surface area contributed by atoms with Gasteiger partial charge < -0.3 is 18.0 Å². The van der Waals surface area contributed by atoms with E-state index in [-0.39, 0.29) is 10.9 Å². The number of hydrogen-bond donors (Lipinski definition) is 0. The summed E-state index contributed by atoms with van der Waals surface area (Å²) in [5, 5.41) is 2.25. The van der Waals surface area contributed by atoms with Crippen LogP contribution in [0.1, 0.15) is 0 Å².